The smallest absolute Gasteiger partial charge is 0.322 e. The maximum absolute atomic E-state index is 11.2. The SMILES string of the molecule is COC(=O)[C@H](C)NCC1CCC(C)CC1. The Hall–Kier alpha value is -0.570. The molecule has 0 bridgehead atoms. The van der Waals surface area contributed by atoms with Gasteiger partial charge in [0.15, 0.2) is 0 Å². The molecule has 1 aliphatic rings. The van der Waals surface area contributed by atoms with Crippen LogP contribution in [0.2, 0.25) is 0 Å². The zero-order valence-corrected chi connectivity index (χ0v) is 10.1. The molecule has 0 aromatic rings. The lowest BCUT2D eigenvalue weighted by atomic mass is 9.83. The van der Waals surface area contributed by atoms with Gasteiger partial charge in [-0.3, -0.25) is 4.79 Å². The number of hydrogen-bond donors (Lipinski definition) is 1. The van der Waals surface area contributed by atoms with Gasteiger partial charge in [-0.1, -0.05) is 19.8 Å². The number of methoxy groups -OCH3 is 1. The van der Waals surface area contributed by atoms with Gasteiger partial charge < -0.3 is 10.1 Å². The molecule has 1 N–H and O–H groups in total. The van der Waals surface area contributed by atoms with Gasteiger partial charge in [-0.25, -0.2) is 0 Å². The van der Waals surface area contributed by atoms with Crippen molar-refractivity contribution in [2.75, 3.05) is 13.7 Å². The highest BCUT2D eigenvalue weighted by molar-refractivity contribution is 5.75. The largest absolute Gasteiger partial charge is 0.468 e. The van der Waals surface area contributed by atoms with Crippen LogP contribution in [0.3, 0.4) is 0 Å². The molecule has 1 aliphatic carbocycles. The van der Waals surface area contributed by atoms with Crippen LogP contribution in [0.1, 0.15) is 39.5 Å². The summed E-state index contributed by atoms with van der Waals surface area (Å²) < 4.78 is 4.67. The lowest BCUT2D eigenvalue weighted by molar-refractivity contribution is -0.142. The molecule has 0 amide bonds. The Morgan fingerprint density at radius 1 is 1.40 bits per heavy atom. The maximum Gasteiger partial charge on any atom is 0.322 e. The minimum absolute atomic E-state index is 0.167. The van der Waals surface area contributed by atoms with Crippen LogP contribution in [-0.4, -0.2) is 25.7 Å². The van der Waals surface area contributed by atoms with Gasteiger partial charge in [0.1, 0.15) is 6.04 Å². The van der Waals surface area contributed by atoms with E-state index in [1.807, 2.05) is 6.92 Å². The number of carbonyl (C=O) groups is 1. The Morgan fingerprint density at radius 3 is 2.53 bits per heavy atom. The summed E-state index contributed by atoms with van der Waals surface area (Å²) in [5.41, 5.74) is 0. The molecule has 1 rings (SSSR count). The number of nitrogens with one attached hydrogen (secondary N) is 1. The van der Waals surface area contributed by atoms with Crippen LogP contribution in [0.25, 0.3) is 0 Å². The second-order valence-electron chi connectivity index (χ2n) is 4.78. The van der Waals surface area contributed by atoms with Gasteiger partial charge in [-0.2, -0.15) is 0 Å². The molecule has 0 radical (unpaired) electrons. The predicted octanol–water partition coefficient (Wildman–Crippen LogP) is 1.96. The van der Waals surface area contributed by atoms with Crippen LogP contribution in [-0.2, 0) is 9.53 Å². The molecule has 0 spiro atoms. The minimum atomic E-state index is -0.172. The predicted molar refractivity (Wildman–Crippen MR) is 60.6 cm³/mol. The zero-order valence-electron chi connectivity index (χ0n) is 10.1. The average molecular weight is 213 g/mol. The molecule has 3 nitrogen and oxygen atoms in total. The summed E-state index contributed by atoms with van der Waals surface area (Å²) in [5, 5.41) is 3.24. The third-order valence-corrected chi connectivity index (χ3v) is 3.40. The topological polar surface area (TPSA) is 38.3 Å². The highest BCUT2D eigenvalue weighted by atomic mass is 16.5. The first-order valence-corrected chi connectivity index (χ1v) is 5.94. The van der Waals surface area contributed by atoms with Gasteiger partial charge in [0, 0.05) is 0 Å². The molecule has 0 saturated heterocycles. The first kappa shape index (κ1) is 12.5. The van der Waals surface area contributed by atoms with Gasteiger partial charge in [0.25, 0.3) is 0 Å². The molecule has 0 aliphatic heterocycles. The lowest BCUT2D eigenvalue weighted by Gasteiger charge is -2.27. The van der Waals surface area contributed by atoms with E-state index in [4.69, 9.17) is 0 Å². The number of carbonyl (C=O) groups excluding carboxylic acids is 1. The Labute approximate surface area is 92.6 Å². The summed E-state index contributed by atoms with van der Waals surface area (Å²) in [6, 6.07) is -0.172. The van der Waals surface area contributed by atoms with Crippen molar-refractivity contribution in [3.8, 4) is 0 Å². The van der Waals surface area contributed by atoms with Crippen molar-refractivity contribution in [2.45, 2.75) is 45.6 Å². The quantitative estimate of drug-likeness (QED) is 0.726. The fraction of sp³-hybridized carbons (Fsp3) is 0.917. The molecule has 88 valence electrons. The Morgan fingerprint density at radius 2 is 2.00 bits per heavy atom. The third-order valence-electron chi connectivity index (χ3n) is 3.40. The minimum Gasteiger partial charge on any atom is -0.468 e. The van der Waals surface area contributed by atoms with E-state index < -0.39 is 0 Å². The van der Waals surface area contributed by atoms with Crippen molar-refractivity contribution >= 4 is 5.97 Å². The molecule has 0 aromatic carbocycles. The summed E-state index contributed by atoms with van der Waals surface area (Å²) >= 11 is 0. The zero-order chi connectivity index (χ0) is 11.3. The highest BCUT2D eigenvalue weighted by Crippen LogP contribution is 2.27. The van der Waals surface area contributed by atoms with E-state index in [-0.39, 0.29) is 12.0 Å². The molecule has 0 unspecified atom stereocenters. The van der Waals surface area contributed by atoms with Crippen LogP contribution in [0, 0.1) is 11.8 Å². The molecule has 0 heterocycles. The molecule has 1 fully saturated rings. The first-order chi connectivity index (χ1) is 7.13. The average Bonchev–Trinajstić information content (AvgIpc) is 2.26. The van der Waals surface area contributed by atoms with E-state index in [0.717, 1.165) is 18.4 Å². The van der Waals surface area contributed by atoms with Crippen molar-refractivity contribution in [1.29, 1.82) is 0 Å². The van der Waals surface area contributed by atoms with E-state index in [2.05, 4.69) is 17.0 Å². The lowest BCUT2D eigenvalue weighted by Crippen LogP contribution is -2.38. The van der Waals surface area contributed by atoms with Crippen molar-refractivity contribution in [3.05, 3.63) is 0 Å². The second-order valence-corrected chi connectivity index (χ2v) is 4.78. The number of hydrogen-bond acceptors (Lipinski definition) is 3. The number of rotatable bonds is 4. The molecule has 0 aromatic heterocycles. The Balaban J connectivity index is 2.17. The number of ether oxygens (including phenoxy) is 1. The molecule has 15 heavy (non-hydrogen) atoms. The van der Waals surface area contributed by atoms with E-state index >= 15 is 0 Å². The van der Waals surface area contributed by atoms with Crippen LogP contribution >= 0.6 is 0 Å². The maximum atomic E-state index is 11.2. The van der Waals surface area contributed by atoms with E-state index in [9.17, 15) is 4.79 Å². The van der Waals surface area contributed by atoms with E-state index in [1.165, 1.54) is 32.8 Å². The van der Waals surface area contributed by atoms with Gasteiger partial charge in [0.2, 0.25) is 0 Å². The highest BCUT2D eigenvalue weighted by Gasteiger charge is 2.20. The summed E-state index contributed by atoms with van der Waals surface area (Å²) in [7, 11) is 1.43. The summed E-state index contributed by atoms with van der Waals surface area (Å²) in [6.45, 7) is 5.13. The summed E-state index contributed by atoms with van der Waals surface area (Å²) in [6.07, 6.45) is 5.25. The van der Waals surface area contributed by atoms with Crippen LogP contribution in [0.15, 0.2) is 0 Å². The summed E-state index contributed by atoms with van der Waals surface area (Å²) in [5.74, 6) is 1.46. The van der Waals surface area contributed by atoms with Crippen molar-refractivity contribution in [2.24, 2.45) is 11.8 Å². The normalized spacial score (nSPS) is 28.5. The van der Waals surface area contributed by atoms with Crippen LogP contribution < -0.4 is 5.32 Å². The Kier molecular flexibility index (Phi) is 5.09. The van der Waals surface area contributed by atoms with Gasteiger partial charge in [-0.15, -0.1) is 0 Å². The van der Waals surface area contributed by atoms with E-state index in [1.54, 1.807) is 0 Å². The molecular weight excluding hydrogens is 190 g/mol. The molecule has 1 saturated carbocycles. The fourth-order valence-electron chi connectivity index (χ4n) is 2.14. The Bertz CT molecular complexity index is 198. The first-order valence-electron chi connectivity index (χ1n) is 5.94. The fourth-order valence-corrected chi connectivity index (χ4v) is 2.14. The van der Waals surface area contributed by atoms with Crippen LogP contribution in [0.5, 0.6) is 0 Å². The summed E-state index contributed by atoms with van der Waals surface area (Å²) in [4.78, 5) is 11.2. The van der Waals surface area contributed by atoms with Crippen molar-refractivity contribution in [1.82, 2.24) is 5.32 Å². The molecular formula is C12H23NO2. The number of esters is 1. The van der Waals surface area contributed by atoms with E-state index in [0.29, 0.717) is 0 Å². The van der Waals surface area contributed by atoms with Crippen molar-refractivity contribution < 1.29 is 9.53 Å². The molecule has 3 heteroatoms. The van der Waals surface area contributed by atoms with Gasteiger partial charge in [0.05, 0.1) is 7.11 Å². The third kappa shape index (κ3) is 4.20. The van der Waals surface area contributed by atoms with Crippen molar-refractivity contribution in [3.63, 3.8) is 0 Å². The van der Waals surface area contributed by atoms with Crippen LogP contribution in [0.4, 0.5) is 0 Å². The second kappa shape index (κ2) is 6.11. The van der Waals surface area contributed by atoms with Gasteiger partial charge >= 0.3 is 5.97 Å². The van der Waals surface area contributed by atoms with Gasteiger partial charge in [-0.05, 0) is 38.1 Å². The standard InChI is InChI=1S/C12H23NO2/c1-9-4-6-11(7-5-9)8-13-10(2)12(14)15-3/h9-11,13H,4-8H2,1-3H3/t9?,10-,11?/m0/s1. The molecule has 1 atom stereocenters. The monoisotopic (exact) mass is 213 g/mol.